The first kappa shape index (κ1) is 30.3. The normalized spacial score (nSPS) is 15.1. The molecule has 3 rings (SSSR count). The zero-order valence-electron chi connectivity index (χ0n) is 22.3. The largest absolute Gasteiger partial charge is 0.352 e. The Morgan fingerprint density at radius 2 is 1.76 bits per heavy atom. The second kappa shape index (κ2) is 13.7. The number of sulfonamides is 1. The van der Waals surface area contributed by atoms with Crippen molar-refractivity contribution in [3.63, 3.8) is 0 Å². The number of hydrogen-bond acceptors (Lipinski definition) is 4. The van der Waals surface area contributed by atoms with Gasteiger partial charge in [-0.15, -0.1) is 0 Å². The Morgan fingerprint density at radius 3 is 2.42 bits per heavy atom. The minimum absolute atomic E-state index is 0.0666. The smallest absolute Gasteiger partial charge is 0.242 e. The van der Waals surface area contributed by atoms with Crippen LogP contribution in [0.4, 0.5) is 5.69 Å². The lowest BCUT2D eigenvalue weighted by atomic mass is 9.95. The van der Waals surface area contributed by atoms with Crippen LogP contribution in [0.15, 0.2) is 42.5 Å². The van der Waals surface area contributed by atoms with E-state index in [0.29, 0.717) is 15.7 Å². The lowest BCUT2D eigenvalue weighted by Gasteiger charge is -2.32. The molecule has 1 aliphatic rings. The van der Waals surface area contributed by atoms with Gasteiger partial charge in [0.05, 0.1) is 11.9 Å². The number of nitrogens with zero attached hydrogens (tertiary/aromatic N) is 2. The summed E-state index contributed by atoms with van der Waals surface area (Å²) in [6.45, 7) is 3.83. The van der Waals surface area contributed by atoms with Crippen LogP contribution < -0.4 is 9.62 Å². The first-order valence-electron chi connectivity index (χ1n) is 13.0. The number of rotatable bonds is 11. The summed E-state index contributed by atoms with van der Waals surface area (Å²) < 4.78 is 26.5. The summed E-state index contributed by atoms with van der Waals surface area (Å²) in [5.74, 6) is -0.433. The summed E-state index contributed by atoms with van der Waals surface area (Å²) >= 11 is 12.5. The maximum Gasteiger partial charge on any atom is 0.242 e. The summed E-state index contributed by atoms with van der Waals surface area (Å²) in [6, 6.07) is 11.7. The minimum atomic E-state index is -3.61. The average molecular weight is 583 g/mol. The second-order valence-electron chi connectivity index (χ2n) is 10.0. The molecule has 1 N–H and O–H groups in total. The quantitative estimate of drug-likeness (QED) is 0.368. The Morgan fingerprint density at radius 1 is 1.08 bits per heavy atom. The van der Waals surface area contributed by atoms with E-state index in [9.17, 15) is 18.0 Å². The summed E-state index contributed by atoms with van der Waals surface area (Å²) in [5.41, 5.74) is 1.99. The second-order valence-corrected chi connectivity index (χ2v) is 12.8. The fraction of sp³-hybridized carbons (Fsp3) is 0.500. The van der Waals surface area contributed by atoms with Gasteiger partial charge in [-0.25, -0.2) is 8.42 Å². The standard InChI is InChI=1S/C28H37Cl2N3O4S/c1-20-15-16-23(29)18-26(20)33(38(3,36)37)17-9-14-27(34)32(19-22-10-7-8-13-25(22)30)21(2)28(35)31-24-11-5-4-6-12-24/h7-8,10,13,15-16,18,21,24H,4-6,9,11-12,14,17,19H2,1-3H3,(H,31,35). The van der Waals surface area contributed by atoms with Gasteiger partial charge in [0.25, 0.3) is 0 Å². The lowest BCUT2D eigenvalue weighted by molar-refractivity contribution is -0.141. The first-order chi connectivity index (χ1) is 18.0. The van der Waals surface area contributed by atoms with Crippen LogP contribution in [-0.4, -0.2) is 50.0 Å². The fourth-order valence-electron chi connectivity index (χ4n) is 4.80. The molecule has 0 spiro atoms. The summed E-state index contributed by atoms with van der Waals surface area (Å²) in [6.07, 6.45) is 6.72. The molecule has 208 valence electrons. The molecule has 7 nitrogen and oxygen atoms in total. The van der Waals surface area contributed by atoms with E-state index in [-0.39, 0.29) is 43.8 Å². The summed E-state index contributed by atoms with van der Waals surface area (Å²) in [4.78, 5) is 28.2. The molecule has 1 atom stereocenters. The van der Waals surface area contributed by atoms with Crippen LogP contribution in [0.2, 0.25) is 10.0 Å². The van der Waals surface area contributed by atoms with Gasteiger partial charge in [-0.1, -0.05) is 66.7 Å². The van der Waals surface area contributed by atoms with Crippen molar-refractivity contribution in [2.75, 3.05) is 17.1 Å². The van der Waals surface area contributed by atoms with Crippen LogP contribution >= 0.6 is 23.2 Å². The maximum atomic E-state index is 13.5. The van der Waals surface area contributed by atoms with Gasteiger partial charge < -0.3 is 10.2 Å². The molecule has 0 heterocycles. The average Bonchev–Trinajstić information content (AvgIpc) is 2.87. The van der Waals surface area contributed by atoms with E-state index in [1.807, 2.05) is 25.1 Å². The molecule has 1 fully saturated rings. The Kier molecular flexibility index (Phi) is 10.9. The van der Waals surface area contributed by atoms with Gasteiger partial charge in [0, 0.05) is 35.6 Å². The zero-order chi connectivity index (χ0) is 27.9. The molecule has 1 aliphatic carbocycles. The number of hydrogen-bond donors (Lipinski definition) is 1. The Hall–Kier alpha value is -2.29. The van der Waals surface area contributed by atoms with Crippen molar-refractivity contribution in [2.24, 2.45) is 0 Å². The van der Waals surface area contributed by atoms with Crippen molar-refractivity contribution >= 4 is 50.7 Å². The number of carbonyl (C=O) groups excluding carboxylic acids is 2. The molecule has 0 aromatic heterocycles. The Balaban J connectivity index is 1.75. The monoisotopic (exact) mass is 581 g/mol. The molecular weight excluding hydrogens is 545 g/mol. The topological polar surface area (TPSA) is 86.8 Å². The predicted molar refractivity (Wildman–Crippen MR) is 154 cm³/mol. The van der Waals surface area contributed by atoms with E-state index in [4.69, 9.17) is 23.2 Å². The van der Waals surface area contributed by atoms with Crippen molar-refractivity contribution in [3.05, 3.63) is 63.6 Å². The van der Waals surface area contributed by atoms with Crippen LogP contribution in [0, 0.1) is 6.92 Å². The van der Waals surface area contributed by atoms with Crippen molar-refractivity contribution in [2.45, 2.75) is 77.4 Å². The molecule has 0 saturated heterocycles. The van der Waals surface area contributed by atoms with Crippen molar-refractivity contribution < 1.29 is 18.0 Å². The van der Waals surface area contributed by atoms with Crippen molar-refractivity contribution in [1.29, 1.82) is 0 Å². The van der Waals surface area contributed by atoms with Gasteiger partial charge in [0.15, 0.2) is 0 Å². The number of amides is 2. The SMILES string of the molecule is Cc1ccc(Cl)cc1N(CCCC(=O)N(Cc1ccccc1Cl)C(C)C(=O)NC1CCCCC1)S(C)(=O)=O. The molecule has 0 bridgehead atoms. The molecule has 2 aromatic rings. The molecule has 2 amide bonds. The molecule has 38 heavy (non-hydrogen) atoms. The van der Waals surface area contributed by atoms with Crippen LogP contribution in [0.1, 0.15) is 63.0 Å². The number of nitrogens with one attached hydrogen (secondary N) is 1. The van der Waals surface area contributed by atoms with Gasteiger partial charge in [-0.2, -0.15) is 0 Å². The van der Waals surface area contributed by atoms with E-state index in [2.05, 4.69) is 5.32 Å². The summed E-state index contributed by atoms with van der Waals surface area (Å²) in [7, 11) is -3.61. The van der Waals surface area contributed by atoms with Crippen LogP contribution in [0.3, 0.4) is 0 Å². The first-order valence-corrected chi connectivity index (χ1v) is 15.6. The third-order valence-corrected chi connectivity index (χ3v) is 8.79. The molecule has 1 saturated carbocycles. The Labute approximate surface area is 236 Å². The number of benzene rings is 2. The molecule has 1 unspecified atom stereocenters. The molecule has 0 aliphatic heterocycles. The van der Waals surface area contributed by atoms with E-state index >= 15 is 0 Å². The van der Waals surface area contributed by atoms with E-state index < -0.39 is 16.1 Å². The third-order valence-electron chi connectivity index (χ3n) is 7.01. The van der Waals surface area contributed by atoms with E-state index in [1.165, 1.54) is 15.6 Å². The minimum Gasteiger partial charge on any atom is -0.352 e. The van der Waals surface area contributed by atoms with E-state index in [1.54, 1.807) is 31.2 Å². The highest BCUT2D eigenvalue weighted by molar-refractivity contribution is 7.92. The van der Waals surface area contributed by atoms with Crippen LogP contribution in [0.5, 0.6) is 0 Å². The van der Waals surface area contributed by atoms with Gasteiger partial charge >= 0.3 is 0 Å². The molecule has 0 radical (unpaired) electrons. The van der Waals surface area contributed by atoms with Gasteiger partial charge in [-0.05, 0) is 62.4 Å². The highest BCUT2D eigenvalue weighted by Crippen LogP contribution is 2.27. The highest BCUT2D eigenvalue weighted by Gasteiger charge is 2.29. The number of carbonyl (C=O) groups is 2. The number of halogens is 2. The van der Waals surface area contributed by atoms with Gasteiger partial charge in [0.2, 0.25) is 21.8 Å². The van der Waals surface area contributed by atoms with Crippen molar-refractivity contribution in [1.82, 2.24) is 10.2 Å². The predicted octanol–water partition coefficient (Wildman–Crippen LogP) is 5.71. The lowest BCUT2D eigenvalue weighted by Crippen LogP contribution is -2.50. The molecular formula is C28H37Cl2N3O4S. The van der Waals surface area contributed by atoms with Crippen LogP contribution in [-0.2, 0) is 26.2 Å². The van der Waals surface area contributed by atoms with E-state index in [0.717, 1.165) is 43.1 Å². The third kappa shape index (κ3) is 8.35. The van der Waals surface area contributed by atoms with Crippen LogP contribution in [0.25, 0.3) is 0 Å². The number of anilines is 1. The number of aryl methyl sites for hydroxylation is 1. The summed E-state index contributed by atoms with van der Waals surface area (Å²) in [5, 5.41) is 4.06. The zero-order valence-corrected chi connectivity index (χ0v) is 24.6. The fourth-order valence-corrected chi connectivity index (χ4v) is 6.17. The van der Waals surface area contributed by atoms with Gasteiger partial charge in [-0.3, -0.25) is 13.9 Å². The highest BCUT2D eigenvalue weighted by atomic mass is 35.5. The maximum absolute atomic E-state index is 13.5. The van der Waals surface area contributed by atoms with Gasteiger partial charge in [0.1, 0.15) is 6.04 Å². The molecule has 2 aromatic carbocycles. The van der Waals surface area contributed by atoms with Crippen molar-refractivity contribution in [3.8, 4) is 0 Å². The molecule has 10 heteroatoms. The Bertz CT molecular complexity index is 1230.